The topological polar surface area (TPSA) is 59.7 Å². The number of fused-ring (bicyclic) bond motifs is 1. The quantitative estimate of drug-likeness (QED) is 0.724. The van der Waals surface area contributed by atoms with Gasteiger partial charge in [-0.15, -0.1) is 10.2 Å². The van der Waals surface area contributed by atoms with Gasteiger partial charge in [0.1, 0.15) is 0 Å². The molecule has 0 radical (unpaired) electrons. The van der Waals surface area contributed by atoms with Crippen LogP contribution < -0.4 is 14.7 Å². The Labute approximate surface area is 137 Å². The van der Waals surface area contributed by atoms with Crippen LogP contribution in [0.15, 0.2) is 24.4 Å². The minimum atomic E-state index is 0.724. The molecule has 0 aliphatic carbocycles. The van der Waals surface area contributed by atoms with Crippen LogP contribution in [0.4, 0.5) is 5.82 Å². The molecule has 0 bridgehead atoms. The maximum absolute atomic E-state index is 4.64. The van der Waals surface area contributed by atoms with Gasteiger partial charge in [-0.1, -0.05) is 6.07 Å². The van der Waals surface area contributed by atoms with E-state index in [1.807, 2.05) is 38.2 Å². The number of aryl methyl sites for hydroxylation is 2. The second-order valence-electron chi connectivity index (χ2n) is 5.36. The van der Waals surface area contributed by atoms with Crippen molar-refractivity contribution in [2.24, 2.45) is 0 Å². The van der Waals surface area contributed by atoms with E-state index < -0.39 is 0 Å². The highest BCUT2D eigenvalue weighted by molar-refractivity contribution is 7.03. The molecule has 116 valence electrons. The van der Waals surface area contributed by atoms with Crippen LogP contribution in [0.2, 0.25) is 0 Å². The van der Waals surface area contributed by atoms with E-state index in [1.54, 1.807) is 4.80 Å². The van der Waals surface area contributed by atoms with E-state index in [1.165, 1.54) is 16.1 Å². The highest BCUT2D eigenvalue weighted by Crippen LogP contribution is 2.26. The van der Waals surface area contributed by atoms with Gasteiger partial charge < -0.3 is 4.90 Å². The predicted molar refractivity (Wildman–Crippen MR) is 91.3 cm³/mol. The van der Waals surface area contributed by atoms with Crippen LogP contribution in [0.25, 0.3) is 23.7 Å². The average Bonchev–Trinajstić information content (AvgIpc) is 3.20. The van der Waals surface area contributed by atoms with Gasteiger partial charge in [0, 0.05) is 29.9 Å². The fourth-order valence-electron chi connectivity index (χ4n) is 2.57. The molecule has 0 saturated carbocycles. The number of pyridine rings is 1. The molecular weight excluding hydrogens is 308 g/mol. The molecule has 23 heavy (non-hydrogen) atoms. The van der Waals surface area contributed by atoms with E-state index in [4.69, 9.17) is 0 Å². The number of rotatable bonds is 3. The predicted octanol–water partition coefficient (Wildman–Crippen LogP) is 1.16. The van der Waals surface area contributed by atoms with Gasteiger partial charge in [-0.05, 0) is 43.6 Å². The molecule has 0 fully saturated rings. The third-order valence-corrected chi connectivity index (χ3v) is 4.53. The second kappa shape index (κ2) is 5.58. The Bertz CT molecular complexity index is 971. The zero-order valence-corrected chi connectivity index (χ0v) is 13.8. The monoisotopic (exact) mass is 324 g/mol. The van der Waals surface area contributed by atoms with Crippen LogP contribution in [0.3, 0.4) is 0 Å². The first kappa shape index (κ1) is 14.1. The fourth-order valence-corrected chi connectivity index (χ4v) is 3.21. The molecule has 1 aliphatic rings. The molecular formula is C16H16N6S. The van der Waals surface area contributed by atoms with Gasteiger partial charge in [0.25, 0.3) is 0 Å². The molecule has 0 atom stereocenters. The summed E-state index contributed by atoms with van der Waals surface area (Å²) in [5.74, 6) is 0.832. The van der Waals surface area contributed by atoms with Gasteiger partial charge in [0.05, 0.1) is 16.8 Å². The van der Waals surface area contributed by atoms with E-state index in [-0.39, 0.29) is 0 Å². The number of hydrogen-bond donors (Lipinski definition) is 0. The molecule has 1 aliphatic heterocycles. The first-order valence-electron chi connectivity index (χ1n) is 7.53. The van der Waals surface area contributed by atoms with E-state index in [0.29, 0.717) is 0 Å². The van der Waals surface area contributed by atoms with E-state index >= 15 is 0 Å². The van der Waals surface area contributed by atoms with Crippen molar-refractivity contribution in [2.45, 2.75) is 20.4 Å². The molecule has 0 aromatic carbocycles. The summed E-state index contributed by atoms with van der Waals surface area (Å²) in [5, 5.41) is 10.4. The maximum Gasteiger partial charge on any atom is 0.185 e. The van der Waals surface area contributed by atoms with Gasteiger partial charge in [0.15, 0.2) is 11.5 Å². The third-order valence-electron chi connectivity index (χ3n) is 3.72. The highest BCUT2D eigenvalue weighted by Gasteiger charge is 2.19. The maximum atomic E-state index is 4.64. The van der Waals surface area contributed by atoms with Crippen LogP contribution in [-0.4, -0.2) is 30.9 Å². The van der Waals surface area contributed by atoms with Crippen molar-refractivity contribution in [3.63, 3.8) is 0 Å². The third kappa shape index (κ3) is 2.53. The van der Waals surface area contributed by atoms with Gasteiger partial charge in [-0.25, -0.2) is 0 Å². The highest BCUT2D eigenvalue weighted by atomic mass is 32.1. The van der Waals surface area contributed by atoms with Crippen molar-refractivity contribution in [1.29, 1.82) is 0 Å². The van der Waals surface area contributed by atoms with Crippen molar-refractivity contribution in [3.8, 4) is 11.4 Å². The molecule has 4 rings (SSSR count). The van der Waals surface area contributed by atoms with Gasteiger partial charge in [-0.2, -0.15) is 9.17 Å². The van der Waals surface area contributed by atoms with E-state index in [0.717, 1.165) is 41.2 Å². The van der Waals surface area contributed by atoms with Gasteiger partial charge in [0.2, 0.25) is 0 Å². The Hall–Kier alpha value is -2.54. The van der Waals surface area contributed by atoms with Crippen LogP contribution in [0.1, 0.15) is 12.6 Å². The lowest BCUT2D eigenvalue weighted by Crippen LogP contribution is -2.32. The zero-order valence-electron chi connectivity index (χ0n) is 13.0. The summed E-state index contributed by atoms with van der Waals surface area (Å²) >= 11 is 1.52. The largest absolute Gasteiger partial charge is 0.325 e. The Morgan fingerprint density at radius 2 is 2.17 bits per heavy atom. The molecule has 0 spiro atoms. The molecule has 0 amide bonds. The van der Waals surface area contributed by atoms with Crippen molar-refractivity contribution in [3.05, 3.63) is 39.8 Å². The summed E-state index contributed by atoms with van der Waals surface area (Å²) in [7, 11) is 0. The summed E-state index contributed by atoms with van der Waals surface area (Å²) in [6, 6.07) is 5.96. The SMILES string of the molecule is CCn1nc(-c2cccc(C)n2)c(N2C=c3cnsc3=CC2)n1. The molecule has 3 aromatic heterocycles. The van der Waals surface area contributed by atoms with E-state index in [9.17, 15) is 0 Å². The zero-order chi connectivity index (χ0) is 15.8. The number of nitrogens with zero attached hydrogens (tertiary/aromatic N) is 6. The summed E-state index contributed by atoms with van der Waals surface area (Å²) in [6.07, 6.45) is 6.14. The molecule has 7 heteroatoms. The normalized spacial score (nSPS) is 13.4. The Morgan fingerprint density at radius 1 is 1.26 bits per heavy atom. The van der Waals surface area contributed by atoms with Crippen LogP contribution in [-0.2, 0) is 6.54 Å². The lowest BCUT2D eigenvalue weighted by Gasteiger charge is -2.18. The molecule has 0 unspecified atom stereocenters. The van der Waals surface area contributed by atoms with E-state index in [2.05, 4.69) is 36.7 Å². The van der Waals surface area contributed by atoms with Crippen LogP contribution in [0.5, 0.6) is 0 Å². The Balaban J connectivity index is 1.84. The second-order valence-corrected chi connectivity index (χ2v) is 6.19. The molecule has 4 heterocycles. The molecule has 0 N–H and O–H groups in total. The minimum Gasteiger partial charge on any atom is -0.325 e. The summed E-state index contributed by atoms with van der Waals surface area (Å²) in [5.41, 5.74) is 2.63. The summed E-state index contributed by atoms with van der Waals surface area (Å²) in [4.78, 5) is 8.42. The minimum absolute atomic E-state index is 0.724. The number of hydrogen-bond acceptors (Lipinski definition) is 6. The first-order valence-corrected chi connectivity index (χ1v) is 8.30. The summed E-state index contributed by atoms with van der Waals surface area (Å²) < 4.78 is 5.45. The molecule has 0 saturated heterocycles. The van der Waals surface area contributed by atoms with Crippen molar-refractivity contribution < 1.29 is 0 Å². The Kier molecular flexibility index (Phi) is 3.42. The fraction of sp³-hybridized carbons (Fsp3) is 0.250. The van der Waals surface area contributed by atoms with Crippen molar-refractivity contribution >= 4 is 29.6 Å². The Morgan fingerprint density at radius 3 is 3.00 bits per heavy atom. The average molecular weight is 324 g/mol. The smallest absolute Gasteiger partial charge is 0.185 e. The van der Waals surface area contributed by atoms with Gasteiger partial charge in [-0.3, -0.25) is 4.98 Å². The molecule has 6 nitrogen and oxygen atoms in total. The lowest BCUT2D eigenvalue weighted by molar-refractivity contribution is 0.571. The van der Waals surface area contributed by atoms with Crippen LogP contribution >= 0.6 is 11.5 Å². The number of aromatic nitrogens is 5. The summed E-state index contributed by atoms with van der Waals surface area (Å²) in [6.45, 7) is 5.50. The van der Waals surface area contributed by atoms with Crippen LogP contribution in [0, 0.1) is 6.92 Å². The first-order chi connectivity index (χ1) is 11.2. The van der Waals surface area contributed by atoms with Gasteiger partial charge >= 0.3 is 0 Å². The van der Waals surface area contributed by atoms with Crippen molar-refractivity contribution in [2.75, 3.05) is 11.4 Å². The lowest BCUT2D eigenvalue weighted by atomic mass is 10.2. The van der Waals surface area contributed by atoms with Crippen molar-refractivity contribution in [1.82, 2.24) is 24.4 Å². The standard InChI is InChI=1S/C16H16N6S/c1-3-22-19-15(13-6-4-5-11(2)18-13)16(20-22)21-8-7-14-12(10-21)9-17-23-14/h4-7,9-10H,3,8H2,1-2H3. The number of anilines is 1. The molecule has 3 aromatic rings.